The molecule has 1 aliphatic rings. The van der Waals surface area contributed by atoms with Crippen molar-refractivity contribution >= 4 is 19.2 Å². The molecule has 1 heterocycles. The minimum Gasteiger partial charge on any atom is -0.371 e. The Balaban J connectivity index is 2.09. The maximum atomic E-state index is 11.1. The van der Waals surface area contributed by atoms with Crippen molar-refractivity contribution in [1.29, 1.82) is 0 Å². The number of carbonyl (C=O) groups is 1. The van der Waals surface area contributed by atoms with Crippen LogP contribution in [0.5, 0.6) is 0 Å². The van der Waals surface area contributed by atoms with E-state index in [1.807, 2.05) is 0 Å². The van der Waals surface area contributed by atoms with Gasteiger partial charge in [-0.2, -0.15) is 0 Å². The predicted molar refractivity (Wildman–Crippen MR) is 61.2 cm³/mol. The van der Waals surface area contributed by atoms with Crippen LogP contribution in [0.4, 0.5) is 0 Å². The van der Waals surface area contributed by atoms with Gasteiger partial charge in [0.05, 0.1) is 6.61 Å². The van der Waals surface area contributed by atoms with Crippen molar-refractivity contribution in [3.63, 3.8) is 0 Å². The van der Waals surface area contributed by atoms with E-state index in [0.717, 1.165) is 0 Å². The molecule has 1 fully saturated rings. The van der Waals surface area contributed by atoms with Gasteiger partial charge in [-0.3, -0.25) is 4.79 Å². The molecule has 0 saturated carbocycles. The largest absolute Gasteiger partial charge is 0.371 e. The van der Waals surface area contributed by atoms with Gasteiger partial charge in [-0.25, -0.2) is 0 Å². The van der Waals surface area contributed by atoms with Crippen LogP contribution < -0.4 is 10.8 Å². The van der Waals surface area contributed by atoms with Gasteiger partial charge in [-0.15, -0.1) is 0 Å². The zero-order valence-corrected chi connectivity index (χ0v) is 8.82. The van der Waals surface area contributed by atoms with Crippen LogP contribution in [0, 0.1) is 0 Å². The molecule has 1 aromatic rings. The molecule has 0 unspecified atom stereocenters. The molecule has 0 aromatic heterocycles. The first-order valence-electron chi connectivity index (χ1n) is 5.17. The number of rotatable bonds is 1. The zero-order valence-electron chi connectivity index (χ0n) is 8.82. The minimum atomic E-state index is -0.0235. The Bertz CT molecular complexity index is 350. The first-order chi connectivity index (χ1) is 7.25. The van der Waals surface area contributed by atoms with Gasteiger partial charge in [-0.05, 0) is 5.56 Å². The summed E-state index contributed by atoms with van der Waals surface area (Å²) in [6, 6.07) is 8.37. The molecule has 1 amide bonds. The summed E-state index contributed by atoms with van der Waals surface area (Å²) in [5.74, 6) is 0.252. The highest BCUT2D eigenvalue weighted by Crippen LogP contribution is 2.15. The average molecular weight is 203 g/mol. The number of amides is 1. The highest BCUT2D eigenvalue weighted by molar-refractivity contribution is 6.32. The van der Waals surface area contributed by atoms with Crippen LogP contribution in [0.1, 0.15) is 11.5 Å². The van der Waals surface area contributed by atoms with E-state index in [-0.39, 0.29) is 18.4 Å². The van der Waals surface area contributed by atoms with E-state index in [0.29, 0.717) is 13.2 Å². The van der Waals surface area contributed by atoms with Gasteiger partial charge in [0.1, 0.15) is 14.5 Å². The summed E-state index contributed by atoms with van der Waals surface area (Å²) in [6.45, 7) is 1.46. The molecule has 3 nitrogen and oxygen atoms in total. The van der Waals surface area contributed by atoms with Gasteiger partial charge in [0.25, 0.3) is 0 Å². The Morgan fingerprint density at radius 2 is 2.07 bits per heavy atom. The lowest BCUT2D eigenvalue weighted by Crippen LogP contribution is -2.27. The van der Waals surface area contributed by atoms with E-state index in [2.05, 4.69) is 37.4 Å². The predicted octanol–water partition coefficient (Wildman–Crippen LogP) is -0.825. The van der Waals surface area contributed by atoms with Crippen LogP contribution in [-0.4, -0.2) is 33.5 Å². The van der Waals surface area contributed by atoms with Gasteiger partial charge >= 0.3 is 0 Å². The van der Waals surface area contributed by atoms with Crippen LogP contribution in [-0.2, 0) is 9.53 Å². The molecule has 1 N–H and O–H groups in total. The second-order valence-electron chi connectivity index (χ2n) is 3.93. The Morgan fingerprint density at radius 3 is 2.80 bits per heavy atom. The number of ether oxygens (including phenoxy) is 1. The highest BCUT2D eigenvalue weighted by atomic mass is 16.5. The summed E-state index contributed by atoms with van der Waals surface area (Å²) in [6.07, 6.45) is 0. The summed E-state index contributed by atoms with van der Waals surface area (Å²) in [5, 5.41) is 2.84. The fourth-order valence-corrected chi connectivity index (χ4v) is 1.69. The molecule has 0 aliphatic carbocycles. The molecule has 1 aliphatic heterocycles. The molecule has 0 radical (unpaired) electrons. The summed E-state index contributed by atoms with van der Waals surface area (Å²) in [7, 11) is 2.06. The molecule has 1 saturated heterocycles. The molecule has 78 valence electrons. The third-order valence-electron chi connectivity index (χ3n) is 2.65. The smallest absolute Gasteiger partial charge is 0.246 e. The van der Waals surface area contributed by atoms with E-state index in [1.54, 1.807) is 0 Å². The number of hydrogen-bond donors (Lipinski definition) is 1. The zero-order chi connectivity index (χ0) is 10.7. The maximum absolute atomic E-state index is 11.1. The van der Waals surface area contributed by atoms with Crippen molar-refractivity contribution in [3.8, 4) is 0 Å². The molecule has 1 atom stereocenters. The van der Waals surface area contributed by atoms with Crippen molar-refractivity contribution in [1.82, 2.24) is 5.32 Å². The SMILES string of the molecule is Bc1ccc([C@H]2CNC(=O)COC2)cc1. The molecule has 1 aromatic carbocycles. The molecule has 4 heteroatoms. The Hall–Kier alpha value is -1.29. The van der Waals surface area contributed by atoms with E-state index < -0.39 is 0 Å². The summed E-state index contributed by atoms with van der Waals surface area (Å²) in [5.41, 5.74) is 2.47. The second-order valence-corrected chi connectivity index (χ2v) is 3.93. The van der Waals surface area contributed by atoms with Crippen LogP contribution in [0.15, 0.2) is 24.3 Å². The van der Waals surface area contributed by atoms with Crippen LogP contribution >= 0.6 is 0 Å². The molecular formula is C11H14BNO2. The standard InChI is InChI=1S/C11H14BNO2/c12-10-3-1-8(2-4-10)9-5-13-11(14)7-15-6-9/h1-4,9H,5-7,12H2,(H,13,14)/t9-/m0/s1. The lowest BCUT2D eigenvalue weighted by atomic mass is 9.92. The second kappa shape index (κ2) is 4.49. The quantitative estimate of drug-likeness (QED) is 0.605. The molecule has 0 bridgehead atoms. The first-order valence-corrected chi connectivity index (χ1v) is 5.17. The summed E-state index contributed by atoms with van der Waals surface area (Å²) < 4.78 is 5.29. The average Bonchev–Trinajstić information content (AvgIpc) is 2.44. The maximum Gasteiger partial charge on any atom is 0.246 e. The lowest BCUT2D eigenvalue weighted by Gasteiger charge is -2.13. The van der Waals surface area contributed by atoms with E-state index in [1.165, 1.54) is 11.0 Å². The fourth-order valence-electron chi connectivity index (χ4n) is 1.69. The van der Waals surface area contributed by atoms with Crippen molar-refractivity contribution in [2.75, 3.05) is 19.8 Å². The normalized spacial score (nSPS) is 21.9. The summed E-state index contributed by atoms with van der Waals surface area (Å²) >= 11 is 0. The number of carbonyl (C=O) groups excluding carboxylic acids is 1. The van der Waals surface area contributed by atoms with Crippen LogP contribution in [0.3, 0.4) is 0 Å². The van der Waals surface area contributed by atoms with Crippen molar-refractivity contribution in [2.24, 2.45) is 0 Å². The third-order valence-corrected chi connectivity index (χ3v) is 2.65. The van der Waals surface area contributed by atoms with Gasteiger partial charge in [0, 0.05) is 12.5 Å². The fraction of sp³-hybridized carbons (Fsp3) is 0.364. The molecular weight excluding hydrogens is 189 g/mol. The highest BCUT2D eigenvalue weighted by Gasteiger charge is 2.17. The lowest BCUT2D eigenvalue weighted by molar-refractivity contribution is -0.124. The van der Waals surface area contributed by atoms with Gasteiger partial charge < -0.3 is 10.1 Å². The monoisotopic (exact) mass is 203 g/mol. The van der Waals surface area contributed by atoms with Crippen molar-refractivity contribution in [2.45, 2.75) is 5.92 Å². The third kappa shape index (κ3) is 2.60. The Labute approximate surface area is 90.2 Å². The summed E-state index contributed by atoms with van der Waals surface area (Å²) in [4.78, 5) is 11.1. The van der Waals surface area contributed by atoms with E-state index in [4.69, 9.17) is 4.74 Å². The van der Waals surface area contributed by atoms with Crippen molar-refractivity contribution < 1.29 is 9.53 Å². The number of benzene rings is 1. The molecule has 2 rings (SSSR count). The van der Waals surface area contributed by atoms with Gasteiger partial charge in [0.15, 0.2) is 0 Å². The Morgan fingerprint density at radius 1 is 1.33 bits per heavy atom. The van der Waals surface area contributed by atoms with Gasteiger partial charge in [0.2, 0.25) is 5.91 Å². The minimum absolute atomic E-state index is 0.0235. The van der Waals surface area contributed by atoms with Crippen LogP contribution in [0.2, 0.25) is 0 Å². The van der Waals surface area contributed by atoms with Crippen molar-refractivity contribution in [3.05, 3.63) is 29.8 Å². The number of hydrogen-bond acceptors (Lipinski definition) is 2. The first kappa shape index (κ1) is 10.2. The van der Waals surface area contributed by atoms with Gasteiger partial charge in [-0.1, -0.05) is 29.7 Å². The molecule has 15 heavy (non-hydrogen) atoms. The number of nitrogens with one attached hydrogen (secondary N) is 1. The molecule has 0 spiro atoms. The topological polar surface area (TPSA) is 38.3 Å². The van der Waals surface area contributed by atoms with E-state index in [9.17, 15) is 4.79 Å². The van der Waals surface area contributed by atoms with Crippen LogP contribution in [0.25, 0.3) is 0 Å². The van der Waals surface area contributed by atoms with E-state index >= 15 is 0 Å². The Kier molecular flexibility index (Phi) is 3.06.